The van der Waals surface area contributed by atoms with E-state index in [1.54, 1.807) is 6.92 Å². The monoisotopic (exact) mass is 241 g/mol. The number of nitrogens with zero attached hydrogens (tertiary/aromatic N) is 2. The van der Waals surface area contributed by atoms with Crippen molar-refractivity contribution in [2.45, 2.75) is 25.6 Å². The van der Waals surface area contributed by atoms with Gasteiger partial charge in [-0.1, -0.05) is 0 Å². The van der Waals surface area contributed by atoms with Crippen molar-refractivity contribution < 1.29 is 19.1 Å². The largest absolute Gasteiger partial charge is 0.453 e. The third-order valence-corrected chi connectivity index (χ3v) is 3.20. The maximum absolute atomic E-state index is 11.8. The molecule has 17 heavy (non-hydrogen) atoms. The summed E-state index contributed by atoms with van der Waals surface area (Å²) in [4.78, 5) is 37.8. The van der Waals surface area contributed by atoms with E-state index in [0.717, 1.165) is 0 Å². The number of carbonyl (C=O) groups excluding carboxylic acids is 3. The summed E-state index contributed by atoms with van der Waals surface area (Å²) in [5.74, 6) is -0.293. The molecular formula is C10H15N3O4. The maximum atomic E-state index is 11.8. The van der Waals surface area contributed by atoms with Crippen LogP contribution >= 0.6 is 0 Å². The van der Waals surface area contributed by atoms with Gasteiger partial charge in [0.25, 0.3) is 0 Å². The van der Waals surface area contributed by atoms with E-state index >= 15 is 0 Å². The minimum Gasteiger partial charge on any atom is -0.453 e. The van der Waals surface area contributed by atoms with Crippen LogP contribution in [0.3, 0.4) is 0 Å². The van der Waals surface area contributed by atoms with E-state index in [1.807, 2.05) is 0 Å². The van der Waals surface area contributed by atoms with Gasteiger partial charge in [0.05, 0.1) is 13.7 Å². The third kappa shape index (κ3) is 1.81. The van der Waals surface area contributed by atoms with Crippen LogP contribution in [0.25, 0.3) is 0 Å². The van der Waals surface area contributed by atoms with E-state index in [1.165, 1.54) is 16.9 Å². The Morgan fingerprint density at radius 2 is 2.18 bits per heavy atom. The van der Waals surface area contributed by atoms with Crippen molar-refractivity contribution in [3.63, 3.8) is 0 Å². The van der Waals surface area contributed by atoms with Gasteiger partial charge in [-0.15, -0.1) is 0 Å². The van der Waals surface area contributed by atoms with Gasteiger partial charge in [-0.05, 0) is 6.92 Å². The van der Waals surface area contributed by atoms with Crippen molar-refractivity contribution in [3.8, 4) is 0 Å². The van der Waals surface area contributed by atoms with Crippen LogP contribution in [0, 0.1) is 0 Å². The first-order valence-corrected chi connectivity index (χ1v) is 5.49. The number of methoxy groups -OCH3 is 1. The van der Waals surface area contributed by atoms with Crippen LogP contribution in [0.4, 0.5) is 4.79 Å². The summed E-state index contributed by atoms with van der Waals surface area (Å²) in [6.07, 6.45) is -0.685. The van der Waals surface area contributed by atoms with Gasteiger partial charge >= 0.3 is 6.09 Å². The number of hydrogen-bond acceptors (Lipinski definition) is 4. The molecule has 94 valence electrons. The zero-order valence-corrected chi connectivity index (χ0v) is 9.80. The van der Waals surface area contributed by atoms with Crippen LogP contribution in [-0.4, -0.2) is 60.1 Å². The molecule has 0 radical (unpaired) electrons. The zero-order valence-electron chi connectivity index (χ0n) is 9.80. The molecule has 1 N–H and O–H groups in total. The summed E-state index contributed by atoms with van der Waals surface area (Å²) in [5.41, 5.74) is 0. The Hall–Kier alpha value is -1.79. The van der Waals surface area contributed by atoms with Crippen molar-refractivity contribution in [3.05, 3.63) is 0 Å². The first-order valence-electron chi connectivity index (χ1n) is 5.49. The van der Waals surface area contributed by atoms with Gasteiger partial charge in [0, 0.05) is 13.0 Å². The van der Waals surface area contributed by atoms with Crippen LogP contribution in [0.15, 0.2) is 0 Å². The minimum atomic E-state index is -0.547. The molecule has 0 aromatic rings. The predicted octanol–water partition coefficient (Wildman–Crippen LogP) is -0.868. The van der Waals surface area contributed by atoms with E-state index in [9.17, 15) is 14.4 Å². The normalized spacial score (nSPS) is 28.6. The van der Waals surface area contributed by atoms with Crippen molar-refractivity contribution >= 4 is 17.9 Å². The zero-order chi connectivity index (χ0) is 12.6. The Bertz CT molecular complexity index is 371. The van der Waals surface area contributed by atoms with Crippen LogP contribution in [0.5, 0.6) is 0 Å². The summed E-state index contributed by atoms with van der Waals surface area (Å²) in [6, 6.07) is -0.547. The van der Waals surface area contributed by atoms with Gasteiger partial charge in [0.15, 0.2) is 0 Å². The van der Waals surface area contributed by atoms with Crippen LogP contribution < -0.4 is 5.32 Å². The summed E-state index contributed by atoms with van der Waals surface area (Å²) in [7, 11) is 1.30. The van der Waals surface area contributed by atoms with Crippen LogP contribution in [-0.2, 0) is 14.3 Å². The Kier molecular flexibility index (Phi) is 2.91. The highest BCUT2D eigenvalue weighted by atomic mass is 16.5. The number of carbonyl (C=O) groups is 3. The Morgan fingerprint density at radius 3 is 2.82 bits per heavy atom. The fourth-order valence-corrected chi connectivity index (χ4v) is 2.29. The lowest BCUT2D eigenvalue weighted by molar-refractivity contribution is -0.156. The number of rotatable bonds is 0. The summed E-state index contributed by atoms with van der Waals surface area (Å²) >= 11 is 0. The highest BCUT2D eigenvalue weighted by molar-refractivity contribution is 5.90. The number of ether oxygens (including phenoxy) is 1. The molecule has 2 atom stereocenters. The molecule has 2 unspecified atom stereocenters. The van der Waals surface area contributed by atoms with Gasteiger partial charge in [0.2, 0.25) is 11.8 Å². The molecular weight excluding hydrogens is 226 g/mol. The molecule has 3 amide bonds. The van der Waals surface area contributed by atoms with Gasteiger partial charge in [-0.2, -0.15) is 0 Å². The molecule has 0 saturated carbocycles. The van der Waals surface area contributed by atoms with Gasteiger partial charge in [-0.25, -0.2) is 4.79 Å². The van der Waals surface area contributed by atoms with Crippen molar-refractivity contribution in [2.75, 3.05) is 20.2 Å². The predicted molar refractivity (Wildman–Crippen MR) is 56.8 cm³/mol. The molecule has 7 heteroatoms. The quantitative estimate of drug-likeness (QED) is 0.598. The molecule has 7 nitrogen and oxygen atoms in total. The highest BCUT2D eigenvalue weighted by Gasteiger charge is 2.44. The minimum absolute atomic E-state index is 0.0995. The topological polar surface area (TPSA) is 79.0 Å². The fraction of sp³-hybridized carbons (Fsp3) is 0.700. The second-order valence-electron chi connectivity index (χ2n) is 4.12. The Balaban J connectivity index is 2.24. The van der Waals surface area contributed by atoms with Crippen molar-refractivity contribution in [1.82, 2.24) is 15.1 Å². The van der Waals surface area contributed by atoms with Gasteiger partial charge < -0.3 is 15.0 Å². The Labute approximate surface area is 98.7 Å². The second kappa shape index (κ2) is 4.23. The molecule has 2 aliphatic heterocycles. The molecule has 2 heterocycles. The standard InChI is InChI=1S/C10H15N3O4/c1-6-9(15)11-5-7-12(10(16)17-2)4-3-8(14)13(6)7/h6-7H,3-5H2,1-2H3,(H,11,15). The smallest absolute Gasteiger partial charge is 0.411 e. The first kappa shape index (κ1) is 11.7. The number of fused-ring (bicyclic) bond motifs is 1. The van der Waals surface area contributed by atoms with E-state index in [4.69, 9.17) is 0 Å². The van der Waals surface area contributed by atoms with Crippen LogP contribution in [0.2, 0.25) is 0 Å². The molecule has 2 rings (SSSR count). The lowest BCUT2D eigenvalue weighted by Crippen LogP contribution is -2.70. The lowest BCUT2D eigenvalue weighted by atomic mass is 10.1. The molecule has 0 aromatic carbocycles. The van der Waals surface area contributed by atoms with E-state index in [2.05, 4.69) is 10.1 Å². The number of hydrogen-bond donors (Lipinski definition) is 1. The van der Waals surface area contributed by atoms with Crippen LogP contribution in [0.1, 0.15) is 13.3 Å². The molecule has 0 aromatic heterocycles. The van der Waals surface area contributed by atoms with Gasteiger partial charge in [-0.3, -0.25) is 14.5 Å². The number of amides is 3. The maximum Gasteiger partial charge on any atom is 0.411 e. The summed E-state index contributed by atoms with van der Waals surface area (Å²) < 4.78 is 4.67. The first-order chi connectivity index (χ1) is 8.06. The number of nitrogens with one attached hydrogen (secondary N) is 1. The summed E-state index contributed by atoms with van der Waals surface area (Å²) in [5, 5.41) is 2.68. The van der Waals surface area contributed by atoms with Crippen molar-refractivity contribution in [2.24, 2.45) is 0 Å². The SMILES string of the molecule is COC(=O)N1CCC(=O)N2C(C)C(=O)NCC12. The average molecular weight is 241 g/mol. The molecule has 0 bridgehead atoms. The summed E-state index contributed by atoms with van der Waals surface area (Å²) in [6.45, 7) is 2.24. The molecule has 0 spiro atoms. The van der Waals surface area contributed by atoms with Crippen molar-refractivity contribution in [1.29, 1.82) is 0 Å². The lowest BCUT2D eigenvalue weighted by Gasteiger charge is -2.47. The molecule has 0 aliphatic carbocycles. The molecule has 2 fully saturated rings. The second-order valence-corrected chi connectivity index (χ2v) is 4.12. The van der Waals surface area contributed by atoms with E-state index in [0.29, 0.717) is 6.54 Å². The van der Waals surface area contributed by atoms with E-state index in [-0.39, 0.29) is 24.8 Å². The number of piperazine rings is 1. The third-order valence-electron chi connectivity index (χ3n) is 3.20. The Morgan fingerprint density at radius 1 is 1.47 bits per heavy atom. The fourth-order valence-electron chi connectivity index (χ4n) is 2.29. The average Bonchev–Trinajstić information content (AvgIpc) is 2.33. The molecule has 2 aliphatic rings. The van der Waals surface area contributed by atoms with E-state index < -0.39 is 18.3 Å². The van der Waals surface area contributed by atoms with Gasteiger partial charge in [0.1, 0.15) is 12.2 Å². The highest BCUT2D eigenvalue weighted by Crippen LogP contribution is 2.21. The molecule has 2 saturated heterocycles.